The van der Waals surface area contributed by atoms with Gasteiger partial charge in [0.2, 0.25) is 0 Å². The number of hydrogen-bond donors (Lipinski definition) is 2. The summed E-state index contributed by atoms with van der Waals surface area (Å²) in [6.07, 6.45) is 1.87. The normalized spacial score (nSPS) is 10.7. The van der Waals surface area contributed by atoms with E-state index >= 15 is 0 Å². The average Bonchev–Trinajstić information content (AvgIpc) is 2.63. The Kier molecular flexibility index (Phi) is 5.12. The van der Waals surface area contributed by atoms with Crippen LogP contribution >= 0.6 is 0 Å². The summed E-state index contributed by atoms with van der Waals surface area (Å²) in [5.41, 5.74) is 6.27. The summed E-state index contributed by atoms with van der Waals surface area (Å²) in [5, 5.41) is 2.48. The molecule has 0 aliphatic carbocycles. The molecular weight excluding hydrogens is 355 g/mol. The number of nitrogens with zero attached hydrogens (tertiary/aromatic N) is 1. The van der Waals surface area contributed by atoms with Crippen LogP contribution in [-0.2, 0) is 6.42 Å². The van der Waals surface area contributed by atoms with Crippen LogP contribution in [0.5, 0.6) is 0 Å². The molecule has 27 heavy (non-hydrogen) atoms. The van der Waals surface area contributed by atoms with Crippen molar-refractivity contribution in [1.82, 2.24) is 4.98 Å². The zero-order valence-corrected chi connectivity index (χ0v) is 14.4. The number of nitrogens with two attached hydrogens (primary N) is 1. The molecule has 4 nitrogen and oxygen atoms in total. The number of carbonyl (C=O) groups excluding carboxylic acids is 1. The molecule has 1 aromatic heterocycles. The molecule has 0 unspecified atom stereocenters. The van der Waals surface area contributed by atoms with E-state index in [1.165, 1.54) is 30.5 Å². The number of rotatable bonds is 5. The van der Waals surface area contributed by atoms with Gasteiger partial charge in [0.1, 0.15) is 11.6 Å². The molecule has 1 heterocycles. The predicted octanol–water partition coefficient (Wildman–Crippen LogP) is 4.54. The van der Waals surface area contributed by atoms with Gasteiger partial charge >= 0.3 is 0 Å². The van der Waals surface area contributed by atoms with Gasteiger partial charge in [-0.3, -0.25) is 4.79 Å². The first-order valence-corrected chi connectivity index (χ1v) is 8.08. The number of benzene rings is 2. The van der Waals surface area contributed by atoms with Gasteiger partial charge in [-0.25, -0.2) is 18.2 Å². The molecule has 3 rings (SSSR count). The van der Waals surface area contributed by atoms with E-state index in [9.17, 15) is 18.0 Å². The predicted molar refractivity (Wildman–Crippen MR) is 97.6 cm³/mol. The molecule has 0 radical (unpaired) electrons. The van der Waals surface area contributed by atoms with Gasteiger partial charge in [0.25, 0.3) is 0 Å². The first-order valence-electron chi connectivity index (χ1n) is 8.08. The fraction of sp³-hybridized carbons (Fsp3) is 0.100. The van der Waals surface area contributed by atoms with E-state index in [0.29, 0.717) is 17.4 Å². The standard InChI is InChI=1S/C20H16F3N3O/c1-11-2-3-16(15(21)6-11)26-20-14(10-27)9-13(18(22)19(20)23)7-12-4-5-25-17(24)8-12/h2-6,8-10,26H,7H2,1H3,(H2,24,25). The van der Waals surface area contributed by atoms with Crippen molar-refractivity contribution in [2.24, 2.45) is 0 Å². The highest BCUT2D eigenvalue weighted by Gasteiger charge is 2.20. The van der Waals surface area contributed by atoms with Crippen LogP contribution in [0.4, 0.5) is 30.4 Å². The van der Waals surface area contributed by atoms with Crippen molar-refractivity contribution in [3.05, 3.63) is 82.3 Å². The smallest absolute Gasteiger partial charge is 0.183 e. The molecule has 0 aliphatic rings. The number of aromatic nitrogens is 1. The van der Waals surface area contributed by atoms with Crippen LogP contribution in [0.2, 0.25) is 0 Å². The number of halogens is 3. The molecule has 0 saturated heterocycles. The van der Waals surface area contributed by atoms with Gasteiger partial charge in [-0.2, -0.15) is 0 Å². The third-order valence-electron chi connectivity index (χ3n) is 4.06. The Hall–Kier alpha value is -3.35. The van der Waals surface area contributed by atoms with Crippen molar-refractivity contribution in [3.8, 4) is 0 Å². The molecule has 7 heteroatoms. The third kappa shape index (κ3) is 3.92. The maximum absolute atomic E-state index is 14.6. The summed E-state index contributed by atoms with van der Waals surface area (Å²) >= 11 is 0. The fourth-order valence-corrected chi connectivity index (χ4v) is 2.73. The highest BCUT2D eigenvalue weighted by atomic mass is 19.2. The molecule has 3 aromatic rings. The number of aryl methyl sites for hydroxylation is 1. The molecule has 0 saturated carbocycles. The van der Waals surface area contributed by atoms with Crippen LogP contribution in [0.25, 0.3) is 0 Å². The van der Waals surface area contributed by atoms with Crippen molar-refractivity contribution in [1.29, 1.82) is 0 Å². The van der Waals surface area contributed by atoms with E-state index in [0.717, 1.165) is 0 Å². The lowest BCUT2D eigenvalue weighted by atomic mass is 10.0. The zero-order chi connectivity index (χ0) is 19.6. The molecule has 3 N–H and O–H groups in total. The number of anilines is 3. The number of nitrogen functional groups attached to an aromatic ring is 1. The van der Waals surface area contributed by atoms with E-state index in [-0.39, 0.29) is 29.1 Å². The molecule has 0 amide bonds. The molecule has 2 aromatic carbocycles. The number of nitrogens with one attached hydrogen (secondary N) is 1. The maximum Gasteiger partial charge on any atom is 0.183 e. The number of pyridine rings is 1. The van der Waals surface area contributed by atoms with Crippen LogP contribution < -0.4 is 11.1 Å². The quantitative estimate of drug-likeness (QED) is 0.647. The SMILES string of the molecule is Cc1ccc(Nc2c(C=O)cc(Cc3ccnc(N)c3)c(F)c2F)c(F)c1. The Bertz CT molecular complexity index is 1020. The molecule has 0 atom stereocenters. The zero-order valence-electron chi connectivity index (χ0n) is 14.4. The Morgan fingerprint density at radius 2 is 1.89 bits per heavy atom. The topological polar surface area (TPSA) is 68.0 Å². The van der Waals surface area contributed by atoms with Crippen molar-refractivity contribution in [2.45, 2.75) is 13.3 Å². The van der Waals surface area contributed by atoms with Crippen molar-refractivity contribution < 1.29 is 18.0 Å². The lowest BCUT2D eigenvalue weighted by Crippen LogP contribution is -2.07. The summed E-state index contributed by atoms with van der Waals surface area (Å²) in [7, 11) is 0. The highest BCUT2D eigenvalue weighted by molar-refractivity contribution is 5.87. The molecule has 0 fully saturated rings. The second-order valence-electron chi connectivity index (χ2n) is 6.12. The molecule has 0 spiro atoms. The second kappa shape index (κ2) is 7.49. The van der Waals surface area contributed by atoms with Gasteiger partial charge < -0.3 is 11.1 Å². The van der Waals surface area contributed by atoms with Crippen molar-refractivity contribution in [3.63, 3.8) is 0 Å². The van der Waals surface area contributed by atoms with E-state index < -0.39 is 23.1 Å². The van der Waals surface area contributed by atoms with Gasteiger partial charge in [0.05, 0.1) is 11.4 Å². The second-order valence-corrected chi connectivity index (χ2v) is 6.12. The summed E-state index contributed by atoms with van der Waals surface area (Å²) in [4.78, 5) is 15.3. The van der Waals surface area contributed by atoms with E-state index in [1.807, 2.05) is 0 Å². The van der Waals surface area contributed by atoms with Gasteiger partial charge in [-0.15, -0.1) is 0 Å². The molecule has 138 valence electrons. The molecule has 0 bridgehead atoms. The number of aldehydes is 1. The van der Waals surface area contributed by atoms with Crippen LogP contribution in [0.1, 0.15) is 27.0 Å². The summed E-state index contributed by atoms with van der Waals surface area (Å²) in [6, 6.07) is 8.64. The first kappa shape index (κ1) is 18.4. The summed E-state index contributed by atoms with van der Waals surface area (Å²) < 4.78 is 43.2. The number of carbonyl (C=O) groups is 1. The van der Waals surface area contributed by atoms with Gasteiger partial charge in [0, 0.05) is 18.2 Å². The lowest BCUT2D eigenvalue weighted by molar-refractivity contribution is 0.112. The minimum atomic E-state index is -1.25. The summed E-state index contributed by atoms with van der Waals surface area (Å²) in [6.45, 7) is 1.70. The Morgan fingerprint density at radius 3 is 2.56 bits per heavy atom. The maximum atomic E-state index is 14.6. The Labute approximate surface area is 153 Å². The van der Waals surface area contributed by atoms with E-state index in [2.05, 4.69) is 10.3 Å². The van der Waals surface area contributed by atoms with Gasteiger partial charge in [-0.1, -0.05) is 6.07 Å². The fourth-order valence-electron chi connectivity index (χ4n) is 2.73. The molecular formula is C20H16F3N3O. The van der Waals surface area contributed by atoms with Gasteiger partial charge in [-0.05, 0) is 53.9 Å². The largest absolute Gasteiger partial charge is 0.384 e. The van der Waals surface area contributed by atoms with Crippen molar-refractivity contribution >= 4 is 23.5 Å². The van der Waals surface area contributed by atoms with E-state index in [4.69, 9.17) is 5.73 Å². The lowest BCUT2D eigenvalue weighted by Gasteiger charge is -2.14. The van der Waals surface area contributed by atoms with Crippen LogP contribution in [0.15, 0.2) is 42.6 Å². The van der Waals surface area contributed by atoms with Gasteiger partial charge in [0.15, 0.2) is 17.9 Å². The van der Waals surface area contributed by atoms with Crippen LogP contribution in [0, 0.1) is 24.4 Å². The minimum Gasteiger partial charge on any atom is -0.384 e. The van der Waals surface area contributed by atoms with Crippen LogP contribution in [-0.4, -0.2) is 11.3 Å². The highest BCUT2D eigenvalue weighted by Crippen LogP contribution is 2.30. The Balaban J connectivity index is 2.01. The monoisotopic (exact) mass is 371 g/mol. The Morgan fingerprint density at radius 1 is 1.11 bits per heavy atom. The van der Waals surface area contributed by atoms with E-state index in [1.54, 1.807) is 19.1 Å². The summed E-state index contributed by atoms with van der Waals surface area (Å²) in [5.74, 6) is -2.76. The van der Waals surface area contributed by atoms with Crippen molar-refractivity contribution in [2.75, 3.05) is 11.1 Å². The molecule has 0 aliphatic heterocycles. The first-order chi connectivity index (χ1) is 12.9. The number of hydrogen-bond acceptors (Lipinski definition) is 4. The average molecular weight is 371 g/mol. The minimum absolute atomic E-state index is 0.0184. The third-order valence-corrected chi connectivity index (χ3v) is 4.06. The van der Waals surface area contributed by atoms with Crippen LogP contribution in [0.3, 0.4) is 0 Å².